The number of halogens is 2. The minimum atomic E-state index is -0.801. The molecule has 1 aromatic rings. The summed E-state index contributed by atoms with van der Waals surface area (Å²) in [6.45, 7) is 0. The maximum Gasteiger partial charge on any atom is 0.237 e. The van der Waals surface area contributed by atoms with Gasteiger partial charge in [-0.15, -0.1) is 0 Å². The zero-order valence-electron chi connectivity index (χ0n) is 8.80. The lowest BCUT2D eigenvalue weighted by molar-refractivity contribution is -0.118. The zero-order chi connectivity index (χ0) is 12.6. The molecule has 0 aliphatic heterocycles. The molecular formula is C11H10ClFN2OS. The molecule has 1 aliphatic rings. The van der Waals surface area contributed by atoms with Crippen LogP contribution < -0.4 is 11.1 Å². The Morgan fingerprint density at radius 2 is 2.18 bits per heavy atom. The van der Waals surface area contributed by atoms with Crippen molar-refractivity contribution in [2.75, 3.05) is 5.32 Å². The van der Waals surface area contributed by atoms with Gasteiger partial charge in [-0.2, -0.15) is 0 Å². The summed E-state index contributed by atoms with van der Waals surface area (Å²) in [6, 6.07) is 3.95. The van der Waals surface area contributed by atoms with Crippen molar-refractivity contribution in [3.8, 4) is 0 Å². The predicted molar refractivity (Wildman–Crippen MR) is 68.5 cm³/mol. The topological polar surface area (TPSA) is 55.1 Å². The van der Waals surface area contributed by atoms with Crippen LogP contribution in [0.2, 0.25) is 5.02 Å². The second kappa shape index (κ2) is 4.23. The Morgan fingerprint density at radius 3 is 2.71 bits per heavy atom. The van der Waals surface area contributed by atoms with Crippen LogP contribution in [0.25, 0.3) is 0 Å². The lowest BCUT2D eigenvalue weighted by Crippen LogP contribution is -2.35. The third-order valence-electron chi connectivity index (χ3n) is 2.83. The van der Waals surface area contributed by atoms with Gasteiger partial charge in [0, 0.05) is 5.02 Å². The van der Waals surface area contributed by atoms with E-state index >= 15 is 0 Å². The number of nitrogens with two attached hydrogens (primary N) is 1. The summed E-state index contributed by atoms with van der Waals surface area (Å²) in [5.74, 6) is -0.910. The molecular weight excluding hydrogens is 263 g/mol. The molecule has 1 saturated carbocycles. The maximum absolute atomic E-state index is 13.4. The number of carbonyl (C=O) groups is 1. The SMILES string of the molecule is NC(=S)C1(C(=O)Nc2cc(Cl)ccc2F)CC1. The third kappa shape index (κ3) is 2.25. The molecule has 0 aromatic heterocycles. The minimum Gasteiger partial charge on any atom is -0.392 e. The summed E-state index contributed by atoms with van der Waals surface area (Å²) in [5, 5.41) is 2.82. The highest BCUT2D eigenvalue weighted by molar-refractivity contribution is 7.80. The van der Waals surface area contributed by atoms with E-state index < -0.39 is 11.2 Å². The first kappa shape index (κ1) is 12.3. The smallest absolute Gasteiger partial charge is 0.237 e. The first-order chi connectivity index (χ1) is 7.95. The Bertz CT molecular complexity index is 502. The van der Waals surface area contributed by atoms with Crippen LogP contribution in [0.15, 0.2) is 18.2 Å². The van der Waals surface area contributed by atoms with Crippen LogP contribution in [0.5, 0.6) is 0 Å². The van der Waals surface area contributed by atoms with Crippen molar-refractivity contribution in [2.24, 2.45) is 11.1 Å². The lowest BCUT2D eigenvalue weighted by atomic mass is 10.1. The monoisotopic (exact) mass is 272 g/mol. The number of hydrogen-bond donors (Lipinski definition) is 2. The molecule has 0 spiro atoms. The molecule has 90 valence electrons. The second-order valence-electron chi connectivity index (χ2n) is 4.02. The third-order valence-corrected chi connectivity index (χ3v) is 3.46. The van der Waals surface area contributed by atoms with Gasteiger partial charge in [-0.25, -0.2) is 4.39 Å². The number of carbonyl (C=O) groups excluding carboxylic acids is 1. The number of hydrogen-bond acceptors (Lipinski definition) is 2. The number of anilines is 1. The molecule has 3 N–H and O–H groups in total. The van der Waals surface area contributed by atoms with Gasteiger partial charge in [0.05, 0.1) is 16.1 Å². The van der Waals surface area contributed by atoms with Crippen LogP contribution in [-0.4, -0.2) is 10.9 Å². The Hall–Kier alpha value is -1.20. The highest BCUT2D eigenvalue weighted by atomic mass is 35.5. The van der Waals surface area contributed by atoms with E-state index in [1.165, 1.54) is 18.2 Å². The molecule has 1 amide bonds. The fraction of sp³-hybridized carbons (Fsp3) is 0.273. The van der Waals surface area contributed by atoms with Crippen molar-refractivity contribution in [3.05, 3.63) is 29.0 Å². The molecule has 0 bridgehead atoms. The van der Waals surface area contributed by atoms with Gasteiger partial charge in [0.25, 0.3) is 0 Å². The van der Waals surface area contributed by atoms with Gasteiger partial charge in [-0.1, -0.05) is 23.8 Å². The van der Waals surface area contributed by atoms with Crippen LogP contribution in [0.3, 0.4) is 0 Å². The maximum atomic E-state index is 13.4. The summed E-state index contributed by atoms with van der Waals surface area (Å²) in [5.41, 5.74) is 4.75. The van der Waals surface area contributed by atoms with E-state index in [0.717, 1.165) is 0 Å². The number of benzene rings is 1. The Kier molecular flexibility index (Phi) is 3.05. The predicted octanol–water partition coefficient (Wildman–Crippen LogP) is 2.48. The average Bonchev–Trinajstić information content (AvgIpc) is 3.04. The van der Waals surface area contributed by atoms with Crippen molar-refractivity contribution in [1.29, 1.82) is 0 Å². The number of rotatable bonds is 3. The first-order valence-electron chi connectivity index (χ1n) is 5.02. The summed E-state index contributed by atoms with van der Waals surface area (Å²) in [4.78, 5) is 12.1. The summed E-state index contributed by atoms with van der Waals surface area (Å²) < 4.78 is 13.4. The largest absolute Gasteiger partial charge is 0.392 e. The Balaban J connectivity index is 2.19. The average molecular weight is 273 g/mol. The van der Waals surface area contributed by atoms with Gasteiger partial charge in [0.1, 0.15) is 5.82 Å². The molecule has 0 radical (unpaired) electrons. The van der Waals surface area contributed by atoms with Crippen molar-refractivity contribution in [2.45, 2.75) is 12.8 Å². The van der Waals surface area contributed by atoms with Crippen LogP contribution in [0.4, 0.5) is 10.1 Å². The van der Waals surface area contributed by atoms with Crippen molar-refractivity contribution >= 4 is 40.4 Å². The van der Waals surface area contributed by atoms with Gasteiger partial charge < -0.3 is 11.1 Å². The van der Waals surface area contributed by atoms with E-state index in [2.05, 4.69) is 5.32 Å². The lowest BCUT2D eigenvalue weighted by Gasteiger charge is -2.14. The number of amides is 1. The molecule has 0 saturated heterocycles. The minimum absolute atomic E-state index is 0.0463. The summed E-state index contributed by atoms with van der Waals surface area (Å²) >= 11 is 10.6. The molecule has 1 aliphatic carbocycles. The van der Waals surface area contributed by atoms with Crippen LogP contribution in [-0.2, 0) is 4.79 Å². The van der Waals surface area contributed by atoms with E-state index in [1.54, 1.807) is 0 Å². The quantitative estimate of drug-likeness (QED) is 0.831. The highest BCUT2D eigenvalue weighted by Crippen LogP contribution is 2.47. The molecule has 1 fully saturated rings. The Morgan fingerprint density at radius 1 is 1.53 bits per heavy atom. The van der Waals surface area contributed by atoms with Gasteiger partial charge >= 0.3 is 0 Å². The van der Waals surface area contributed by atoms with E-state index in [0.29, 0.717) is 17.9 Å². The number of nitrogens with one attached hydrogen (secondary N) is 1. The van der Waals surface area contributed by atoms with Crippen LogP contribution in [0.1, 0.15) is 12.8 Å². The zero-order valence-corrected chi connectivity index (χ0v) is 10.4. The van der Waals surface area contributed by atoms with E-state index in [4.69, 9.17) is 29.6 Å². The van der Waals surface area contributed by atoms with Crippen LogP contribution >= 0.6 is 23.8 Å². The van der Waals surface area contributed by atoms with Gasteiger partial charge in [-0.3, -0.25) is 4.79 Å². The normalized spacial score (nSPS) is 16.4. The summed E-state index contributed by atoms with van der Waals surface area (Å²) in [7, 11) is 0. The molecule has 2 rings (SSSR count). The molecule has 0 heterocycles. The van der Waals surface area contributed by atoms with E-state index in [1.807, 2.05) is 0 Å². The molecule has 3 nitrogen and oxygen atoms in total. The highest BCUT2D eigenvalue weighted by Gasteiger charge is 2.52. The van der Waals surface area contributed by atoms with E-state index in [-0.39, 0.29) is 16.6 Å². The molecule has 6 heteroatoms. The van der Waals surface area contributed by atoms with Crippen molar-refractivity contribution < 1.29 is 9.18 Å². The fourth-order valence-electron chi connectivity index (χ4n) is 1.55. The molecule has 0 atom stereocenters. The Labute approximate surface area is 108 Å². The molecule has 17 heavy (non-hydrogen) atoms. The summed E-state index contributed by atoms with van der Waals surface area (Å²) in [6.07, 6.45) is 1.21. The molecule has 1 aromatic carbocycles. The van der Waals surface area contributed by atoms with Crippen LogP contribution in [0, 0.1) is 11.2 Å². The van der Waals surface area contributed by atoms with Crippen molar-refractivity contribution in [1.82, 2.24) is 0 Å². The fourth-order valence-corrected chi connectivity index (χ4v) is 2.01. The first-order valence-corrected chi connectivity index (χ1v) is 5.81. The van der Waals surface area contributed by atoms with Gasteiger partial charge in [0.15, 0.2) is 0 Å². The molecule has 0 unspecified atom stereocenters. The standard InChI is InChI=1S/C11H10ClFN2OS/c12-6-1-2-7(13)8(5-6)15-10(16)11(3-4-11)9(14)17/h1-2,5H,3-4H2,(H2,14,17)(H,15,16). The van der Waals surface area contributed by atoms with Gasteiger partial charge in [0.2, 0.25) is 5.91 Å². The number of thiocarbonyl (C=S) groups is 1. The second-order valence-corrected chi connectivity index (χ2v) is 4.90. The van der Waals surface area contributed by atoms with Gasteiger partial charge in [-0.05, 0) is 31.0 Å². The van der Waals surface area contributed by atoms with Crippen molar-refractivity contribution in [3.63, 3.8) is 0 Å². The van der Waals surface area contributed by atoms with E-state index in [9.17, 15) is 9.18 Å².